The number of hydrogen-bond acceptors (Lipinski definition) is 1. The van der Waals surface area contributed by atoms with Crippen LogP contribution in [0.2, 0.25) is 0 Å². The second kappa shape index (κ2) is 9.07. The van der Waals surface area contributed by atoms with Crippen LogP contribution in [0.4, 0.5) is 8.78 Å². The summed E-state index contributed by atoms with van der Waals surface area (Å²) in [6.07, 6.45) is 0. The first-order valence-electron chi connectivity index (χ1n) is 5.87. The first-order chi connectivity index (χ1) is 9.88. The van der Waals surface area contributed by atoms with Crippen molar-refractivity contribution in [1.29, 1.82) is 0 Å². The van der Waals surface area contributed by atoms with Crippen molar-refractivity contribution >= 4 is 37.8 Å². The monoisotopic (exact) mass is 384 g/mol. The number of benzene rings is 2. The summed E-state index contributed by atoms with van der Waals surface area (Å²) >= 11 is -0.556. The third-order valence-corrected chi connectivity index (χ3v) is 3.97. The number of rotatable bonds is 2. The average molecular weight is 385 g/mol. The summed E-state index contributed by atoms with van der Waals surface area (Å²) in [6, 6.07) is 7.20. The van der Waals surface area contributed by atoms with Crippen LogP contribution in [0.25, 0.3) is 0 Å². The second-order valence-corrected chi connectivity index (χ2v) is 8.21. The Kier molecular flexibility index (Phi) is 8.15. The molecule has 2 aromatic carbocycles. The van der Waals surface area contributed by atoms with Gasteiger partial charge in [0.05, 0.1) is 0 Å². The molecule has 0 aliphatic rings. The van der Waals surface area contributed by atoms with Crippen LogP contribution in [0.5, 0.6) is 5.75 Å². The number of hydrogen-bond donors (Lipinski definition) is 1. The normalized spacial score (nSPS) is 10.4. The second-order valence-electron chi connectivity index (χ2n) is 4.30. The summed E-state index contributed by atoms with van der Waals surface area (Å²) in [7, 11) is 9.75. The third kappa shape index (κ3) is 5.85. The standard InChI is InChI=1S/C14H13F2OP.2ClH.Ti/c1-8-5-9(2)14(17)13(6-8)18-12-4-3-10(15)7-11(12)16;;;/h3-7,17-18H,1-2H3;2*1H;/q;;;+2/p-2. The molecular weight excluding hydrogens is 372 g/mol. The molecule has 0 fully saturated rings. The Bertz CT molecular complexity index is 626. The predicted octanol–water partition coefficient (Wildman–Crippen LogP) is 4.29. The van der Waals surface area contributed by atoms with Crippen LogP contribution in [-0.2, 0) is 17.0 Å². The van der Waals surface area contributed by atoms with E-state index in [0.717, 1.165) is 17.2 Å². The topological polar surface area (TPSA) is 20.2 Å². The molecule has 1 N–H and O–H groups in total. The Balaban J connectivity index is 0.000000677. The minimum atomic E-state index is -0.592. The molecular formula is C14H13Cl2F2OPTi. The fourth-order valence-electron chi connectivity index (χ4n) is 1.79. The van der Waals surface area contributed by atoms with Crippen LogP contribution >= 0.6 is 27.2 Å². The Hall–Kier alpha value is -0.176. The van der Waals surface area contributed by atoms with Gasteiger partial charge >= 0.3 is 35.6 Å². The van der Waals surface area contributed by atoms with E-state index in [1.54, 1.807) is 6.92 Å². The molecule has 2 rings (SSSR count). The quantitative estimate of drug-likeness (QED) is 0.604. The van der Waals surface area contributed by atoms with Gasteiger partial charge in [-0.1, -0.05) is 14.6 Å². The van der Waals surface area contributed by atoms with Gasteiger partial charge in [-0.2, -0.15) is 0 Å². The predicted molar refractivity (Wildman–Crippen MR) is 83.2 cm³/mol. The van der Waals surface area contributed by atoms with E-state index in [9.17, 15) is 13.9 Å². The van der Waals surface area contributed by atoms with Crippen molar-refractivity contribution in [3.8, 4) is 5.75 Å². The van der Waals surface area contributed by atoms with Gasteiger partial charge in [-0.3, -0.25) is 0 Å². The molecule has 0 aliphatic carbocycles. The van der Waals surface area contributed by atoms with Gasteiger partial charge < -0.3 is 5.11 Å². The molecule has 7 heteroatoms. The maximum atomic E-state index is 13.6. The molecule has 0 spiro atoms. The van der Waals surface area contributed by atoms with E-state index in [2.05, 4.69) is 0 Å². The Morgan fingerprint density at radius 3 is 2.24 bits per heavy atom. The summed E-state index contributed by atoms with van der Waals surface area (Å²) in [5.74, 6) is -0.986. The Morgan fingerprint density at radius 2 is 1.67 bits per heavy atom. The van der Waals surface area contributed by atoms with Gasteiger partial charge in [0.25, 0.3) is 0 Å². The van der Waals surface area contributed by atoms with Gasteiger partial charge in [-0.05, 0) is 43.2 Å². The van der Waals surface area contributed by atoms with Crippen molar-refractivity contribution in [3.63, 3.8) is 0 Å². The zero-order chi connectivity index (χ0) is 16.0. The average Bonchev–Trinajstić information content (AvgIpc) is 2.39. The Labute approximate surface area is 141 Å². The van der Waals surface area contributed by atoms with Crippen LogP contribution in [0.3, 0.4) is 0 Å². The zero-order valence-corrected chi connectivity index (χ0v) is 15.4. The van der Waals surface area contributed by atoms with E-state index in [1.165, 1.54) is 12.1 Å². The first-order valence-corrected chi connectivity index (χ1v) is 11.2. The van der Waals surface area contributed by atoms with E-state index in [4.69, 9.17) is 18.6 Å². The van der Waals surface area contributed by atoms with Crippen LogP contribution < -0.4 is 10.6 Å². The van der Waals surface area contributed by atoms with Crippen molar-refractivity contribution in [2.24, 2.45) is 0 Å². The minimum absolute atomic E-state index is 0.0281. The van der Waals surface area contributed by atoms with Crippen molar-refractivity contribution in [2.75, 3.05) is 0 Å². The molecule has 112 valence electrons. The summed E-state index contributed by atoms with van der Waals surface area (Å²) in [5.41, 5.74) is 1.77. The fourth-order valence-corrected chi connectivity index (χ4v) is 3.06. The summed E-state index contributed by atoms with van der Waals surface area (Å²) in [5, 5.41) is 11.0. The zero-order valence-electron chi connectivity index (χ0n) is 11.3. The van der Waals surface area contributed by atoms with E-state index >= 15 is 0 Å². The maximum absolute atomic E-state index is 13.6. The molecule has 2 aromatic rings. The first kappa shape index (κ1) is 18.9. The molecule has 1 nitrogen and oxygen atoms in total. The fraction of sp³-hybridized carbons (Fsp3) is 0.143. The molecule has 1 atom stereocenters. The van der Waals surface area contributed by atoms with Crippen LogP contribution in [-0.4, -0.2) is 5.11 Å². The molecule has 0 saturated heterocycles. The van der Waals surface area contributed by atoms with Gasteiger partial charge in [0.15, 0.2) is 0 Å². The van der Waals surface area contributed by atoms with E-state index in [1.807, 2.05) is 19.1 Å². The molecule has 0 aliphatic heterocycles. The van der Waals surface area contributed by atoms with Gasteiger partial charge in [0, 0.05) is 16.7 Å². The molecule has 0 heterocycles. The molecule has 21 heavy (non-hydrogen) atoms. The van der Waals surface area contributed by atoms with Gasteiger partial charge in [-0.15, -0.1) is 0 Å². The number of phenolic OH excluding ortho intramolecular Hbond substituents is 1. The van der Waals surface area contributed by atoms with Crippen molar-refractivity contribution in [2.45, 2.75) is 13.8 Å². The summed E-state index contributed by atoms with van der Waals surface area (Å²) in [6.45, 7) is 3.72. The Morgan fingerprint density at radius 1 is 1.05 bits per heavy atom. The number of aromatic hydroxyl groups is 1. The van der Waals surface area contributed by atoms with Crippen LogP contribution in [0, 0.1) is 25.5 Å². The number of aryl methyl sites for hydroxylation is 2. The van der Waals surface area contributed by atoms with E-state index in [0.29, 0.717) is 10.6 Å². The summed E-state index contributed by atoms with van der Waals surface area (Å²) in [4.78, 5) is 0. The SMILES string of the molecule is Cc1cc(C)c(O)c(Pc2ccc(F)cc2F)c1.[Cl][Ti][Cl]. The van der Waals surface area contributed by atoms with E-state index in [-0.39, 0.29) is 14.3 Å². The van der Waals surface area contributed by atoms with Crippen molar-refractivity contribution < 1.29 is 30.9 Å². The molecule has 0 bridgehead atoms. The molecule has 0 amide bonds. The van der Waals surface area contributed by atoms with Crippen LogP contribution in [0.1, 0.15) is 11.1 Å². The third-order valence-electron chi connectivity index (χ3n) is 2.65. The van der Waals surface area contributed by atoms with Gasteiger partial charge in [-0.25, -0.2) is 8.78 Å². The van der Waals surface area contributed by atoms with Crippen molar-refractivity contribution in [3.05, 3.63) is 53.1 Å². The van der Waals surface area contributed by atoms with Crippen molar-refractivity contribution in [1.82, 2.24) is 0 Å². The summed E-state index contributed by atoms with van der Waals surface area (Å²) < 4.78 is 26.4. The molecule has 1 unspecified atom stereocenters. The van der Waals surface area contributed by atoms with Gasteiger partial charge in [0.2, 0.25) is 0 Å². The van der Waals surface area contributed by atoms with E-state index < -0.39 is 28.7 Å². The van der Waals surface area contributed by atoms with Crippen LogP contribution in [0.15, 0.2) is 30.3 Å². The number of halogens is 4. The number of phenols is 1. The molecule has 0 radical (unpaired) electrons. The van der Waals surface area contributed by atoms with Gasteiger partial charge in [0.1, 0.15) is 17.4 Å². The molecule has 0 saturated carbocycles. The molecule has 0 aromatic heterocycles.